The summed E-state index contributed by atoms with van der Waals surface area (Å²) in [6.45, 7) is 8.23. The Morgan fingerprint density at radius 1 is 1.17 bits per heavy atom. The van der Waals surface area contributed by atoms with Crippen LogP contribution in [-0.4, -0.2) is 37.5 Å². The zero-order valence-corrected chi connectivity index (χ0v) is 8.10. The van der Waals surface area contributed by atoms with E-state index in [1.54, 1.807) is 6.41 Å². The molecule has 3 nitrogen and oxygen atoms in total. The van der Waals surface area contributed by atoms with Gasteiger partial charge in [0.2, 0.25) is 0 Å². The molecule has 0 fully saturated rings. The summed E-state index contributed by atoms with van der Waals surface area (Å²) < 4.78 is 0. The van der Waals surface area contributed by atoms with E-state index in [9.17, 15) is 4.79 Å². The fraction of sp³-hybridized carbons (Fsp3) is 0.889. The number of rotatable bonds is 8. The zero-order chi connectivity index (χ0) is 9.23. The molecule has 1 radical (unpaired) electrons. The Balaban J connectivity index is 3.40. The van der Waals surface area contributed by atoms with E-state index in [1.165, 1.54) is 12.8 Å². The normalized spacial score (nSPS) is 10.2. The van der Waals surface area contributed by atoms with Crippen LogP contribution in [-0.2, 0) is 4.79 Å². The summed E-state index contributed by atoms with van der Waals surface area (Å²) in [5.41, 5.74) is 0. The van der Waals surface area contributed by atoms with Crippen molar-refractivity contribution in [3.63, 3.8) is 0 Å². The van der Waals surface area contributed by atoms with E-state index < -0.39 is 0 Å². The predicted octanol–water partition coefficient (Wildman–Crippen LogP) is 0.765. The SMILES string of the molecule is CCCN(CCC)CCN[C]=O. The molecule has 0 aromatic carbocycles. The molecule has 0 saturated carbocycles. The van der Waals surface area contributed by atoms with E-state index in [1.807, 2.05) is 0 Å². The molecule has 1 amide bonds. The lowest BCUT2D eigenvalue weighted by molar-refractivity contribution is 0.278. The van der Waals surface area contributed by atoms with Gasteiger partial charge < -0.3 is 10.2 Å². The highest BCUT2D eigenvalue weighted by atomic mass is 16.1. The smallest absolute Gasteiger partial charge is 0.309 e. The average Bonchev–Trinajstić information content (AvgIpc) is 2.06. The Kier molecular flexibility index (Phi) is 8.12. The number of hydrogen-bond acceptors (Lipinski definition) is 2. The summed E-state index contributed by atoms with van der Waals surface area (Å²) in [6, 6.07) is 0. The van der Waals surface area contributed by atoms with Crippen molar-refractivity contribution in [2.45, 2.75) is 26.7 Å². The third kappa shape index (κ3) is 6.16. The number of nitrogens with zero attached hydrogens (tertiary/aromatic N) is 1. The molecule has 0 aliphatic carbocycles. The molecular weight excluding hydrogens is 152 g/mol. The third-order valence-electron chi connectivity index (χ3n) is 1.70. The maximum Gasteiger partial charge on any atom is 0.309 e. The van der Waals surface area contributed by atoms with E-state index >= 15 is 0 Å². The maximum absolute atomic E-state index is 9.85. The van der Waals surface area contributed by atoms with Gasteiger partial charge in [-0.3, -0.25) is 4.79 Å². The van der Waals surface area contributed by atoms with Crippen LogP contribution in [0.3, 0.4) is 0 Å². The standard InChI is InChI=1S/C9H19N2O/c1-3-6-11(7-4-2)8-5-10-9-12/h3-8H2,1-2H3,(H,10,12). The maximum atomic E-state index is 9.85. The van der Waals surface area contributed by atoms with Crippen LogP contribution in [0.15, 0.2) is 0 Å². The Bertz CT molecular complexity index is 101. The summed E-state index contributed by atoms with van der Waals surface area (Å²) in [7, 11) is 0. The van der Waals surface area contributed by atoms with Gasteiger partial charge in [-0.05, 0) is 25.9 Å². The molecule has 0 bridgehead atoms. The minimum atomic E-state index is 0.712. The van der Waals surface area contributed by atoms with Gasteiger partial charge in [-0.15, -0.1) is 0 Å². The minimum Gasteiger partial charge on any atom is -0.347 e. The van der Waals surface area contributed by atoms with Crippen LogP contribution in [0.4, 0.5) is 0 Å². The lowest BCUT2D eigenvalue weighted by atomic mass is 10.3. The second-order valence-electron chi connectivity index (χ2n) is 2.87. The zero-order valence-electron chi connectivity index (χ0n) is 8.10. The van der Waals surface area contributed by atoms with Gasteiger partial charge in [-0.1, -0.05) is 13.8 Å². The predicted molar refractivity (Wildman–Crippen MR) is 50.7 cm³/mol. The van der Waals surface area contributed by atoms with Crippen LogP contribution in [0.2, 0.25) is 0 Å². The van der Waals surface area contributed by atoms with Crippen molar-refractivity contribution >= 4 is 6.41 Å². The molecule has 0 aliphatic rings. The molecule has 0 aromatic rings. The van der Waals surface area contributed by atoms with E-state index in [2.05, 4.69) is 24.1 Å². The molecule has 0 saturated heterocycles. The first-order valence-corrected chi connectivity index (χ1v) is 4.67. The highest BCUT2D eigenvalue weighted by Crippen LogP contribution is 1.92. The van der Waals surface area contributed by atoms with Gasteiger partial charge in [-0.2, -0.15) is 0 Å². The molecule has 0 aliphatic heterocycles. The second kappa shape index (κ2) is 8.53. The average molecular weight is 171 g/mol. The largest absolute Gasteiger partial charge is 0.347 e. The van der Waals surface area contributed by atoms with Crippen molar-refractivity contribution in [2.75, 3.05) is 26.2 Å². The summed E-state index contributed by atoms with van der Waals surface area (Å²) in [6.07, 6.45) is 4.02. The third-order valence-corrected chi connectivity index (χ3v) is 1.70. The molecule has 1 N–H and O–H groups in total. The molecule has 0 rings (SSSR count). The molecule has 0 unspecified atom stereocenters. The van der Waals surface area contributed by atoms with E-state index in [0.29, 0.717) is 6.54 Å². The summed E-state index contributed by atoms with van der Waals surface area (Å²) >= 11 is 0. The van der Waals surface area contributed by atoms with Crippen LogP contribution >= 0.6 is 0 Å². The van der Waals surface area contributed by atoms with Crippen molar-refractivity contribution in [3.8, 4) is 0 Å². The Morgan fingerprint density at radius 3 is 2.17 bits per heavy atom. The molecule has 12 heavy (non-hydrogen) atoms. The van der Waals surface area contributed by atoms with Crippen LogP contribution in [0.25, 0.3) is 0 Å². The van der Waals surface area contributed by atoms with Crippen molar-refractivity contribution in [2.24, 2.45) is 0 Å². The highest BCUT2D eigenvalue weighted by molar-refractivity contribution is 5.46. The molecule has 71 valence electrons. The van der Waals surface area contributed by atoms with Crippen molar-refractivity contribution < 1.29 is 4.79 Å². The molecule has 3 heteroatoms. The monoisotopic (exact) mass is 171 g/mol. The quantitative estimate of drug-likeness (QED) is 0.432. The first kappa shape index (κ1) is 11.4. The number of hydrogen-bond donors (Lipinski definition) is 1. The van der Waals surface area contributed by atoms with Crippen molar-refractivity contribution in [3.05, 3.63) is 0 Å². The van der Waals surface area contributed by atoms with Gasteiger partial charge in [-0.25, -0.2) is 0 Å². The lowest BCUT2D eigenvalue weighted by Crippen LogP contribution is -2.32. The van der Waals surface area contributed by atoms with Gasteiger partial charge in [0.25, 0.3) is 0 Å². The molecule has 0 heterocycles. The van der Waals surface area contributed by atoms with Gasteiger partial charge in [0, 0.05) is 13.1 Å². The second-order valence-corrected chi connectivity index (χ2v) is 2.87. The lowest BCUT2D eigenvalue weighted by Gasteiger charge is -2.19. The minimum absolute atomic E-state index is 0.712. The molecule has 0 atom stereocenters. The summed E-state index contributed by atoms with van der Waals surface area (Å²) in [4.78, 5) is 12.2. The summed E-state index contributed by atoms with van der Waals surface area (Å²) in [5.74, 6) is 0. The molecule has 0 spiro atoms. The molecular formula is C9H19N2O. The Hall–Kier alpha value is -0.570. The van der Waals surface area contributed by atoms with Gasteiger partial charge in [0.05, 0.1) is 0 Å². The van der Waals surface area contributed by atoms with E-state index in [-0.39, 0.29) is 0 Å². The van der Waals surface area contributed by atoms with Gasteiger partial charge in [0.1, 0.15) is 0 Å². The first-order chi connectivity index (χ1) is 5.85. The Labute approximate surface area is 75.1 Å². The highest BCUT2D eigenvalue weighted by Gasteiger charge is 2.00. The van der Waals surface area contributed by atoms with Gasteiger partial charge >= 0.3 is 6.41 Å². The molecule has 0 aromatic heterocycles. The number of amides is 1. The van der Waals surface area contributed by atoms with Crippen LogP contribution < -0.4 is 5.32 Å². The fourth-order valence-corrected chi connectivity index (χ4v) is 1.23. The first-order valence-electron chi connectivity index (χ1n) is 4.67. The van der Waals surface area contributed by atoms with Crippen molar-refractivity contribution in [1.29, 1.82) is 0 Å². The van der Waals surface area contributed by atoms with Crippen LogP contribution in [0, 0.1) is 0 Å². The topological polar surface area (TPSA) is 32.3 Å². The van der Waals surface area contributed by atoms with Crippen LogP contribution in [0.5, 0.6) is 0 Å². The Morgan fingerprint density at radius 2 is 1.75 bits per heavy atom. The number of carbonyl (C=O) groups excluding carboxylic acids is 1. The number of nitrogens with one attached hydrogen (secondary N) is 1. The van der Waals surface area contributed by atoms with E-state index in [4.69, 9.17) is 0 Å². The van der Waals surface area contributed by atoms with Crippen LogP contribution in [0.1, 0.15) is 26.7 Å². The fourth-order valence-electron chi connectivity index (χ4n) is 1.23. The van der Waals surface area contributed by atoms with E-state index in [0.717, 1.165) is 19.6 Å². The van der Waals surface area contributed by atoms with Crippen molar-refractivity contribution in [1.82, 2.24) is 10.2 Å². The van der Waals surface area contributed by atoms with Gasteiger partial charge in [0.15, 0.2) is 0 Å². The summed E-state index contributed by atoms with van der Waals surface area (Å²) in [5, 5.41) is 2.55.